The lowest BCUT2D eigenvalue weighted by Crippen LogP contribution is -2.32. The molecule has 0 aromatic carbocycles. The summed E-state index contributed by atoms with van der Waals surface area (Å²) in [6.07, 6.45) is 0. The van der Waals surface area contributed by atoms with Crippen LogP contribution in [-0.4, -0.2) is 17.7 Å². The number of hydrogen-bond acceptors (Lipinski definition) is 4. The van der Waals surface area contributed by atoms with E-state index in [0.29, 0.717) is 0 Å². The third-order valence-electron chi connectivity index (χ3n) is 0.779. The van der Waals surface area contributed by atoms with Gasteiger partial charge in [-0.15, -0.1) is 0 Å². The summed E-state index contributed by atoms with van der Waals surface area (Å²) in [5.74, 6) is -2.11. The second-order valence-corrected chi connectivity index (χ2v) is 2.59. The first-order valence-electron chi connectivity index (χ1n) is 3.22. The van der Waals surface area contributed by atoms with Crippen molar-refractivity contribution in [1.29, 1.82) is 0 Å². The van der Waals surface area contributed by atoms with Gasteiger partial charge in [-0.25, -0.2) is 0 Å². The molecule has 0 spiro atoms. The van der Waals surface area contributed by atoms with E-state index >= 15 is 0 Å². The fourth-order valence-corrected chi connectivity index (χ4v) is 0.713. The van der Waals surface area contributed by atoms with Gasteiger partial charge < -0.3 is 9.47 Å². The molecular weight excluding hydrogens is 148 g/mol. The highest BCUT2D eigenvalue weighted by Gasteiger charge is 2.23. The Balaban J connectivity index is 3.99. The average molecular weight is 160 g/mol. The highest BCUT2D eigenvalue weighted by Crippen LogP contribution is 2.10. The van der Waals surface area contributed by atoms with E-state index in [4.69, 9.17) is 0 Å². The summed E-state index contributed by atoms with van der Waals surface area (Å²) in [5, 5.41) is 0. The molecule has 64 valence electrons. The summed E-state index contributed by atoms with van der Waals surface area (Å²) in [6.45, 7) is 5.50. The van der Waals surface area contributed by atoms with Gasteiger partial charge in [-0.2, -0.15) is 0 Å². The van der Waals surface area contributed by atoms with E-state index < -0.39 is 17.7 Å². The first kappa shape index (κ1) is 9.94. The van der Waals surface area contributed by atoms with Crippen molar-refractivity contribution in [1.82, 2.24) is 0 Å². The lowest BCUT2D eigenvalue weighted by Gasteiger charge is -2.23. The molecule has 0 N–H and O–H groups in total. The molecular formula is C7H12O4. The molecule has 4 nitrogen and oxygen atoms in total. The summed E-state index contributed by atoms with van der Waals surface area (Å²) in [7, 11) is 0. The van der Waals surface area contributed by atoms with Gasteiger partial charge in [0.25, 0.3) is 5.79 Å². The number of carbonyl (C=O) groups is 2. The minimum absolute atomic E-state index is 0.476. The second kappa shape index (κ2) is 3.37. The molecule has 0 heterocycles. The molecule has 4 heteroatoms. The van der Waals surface area contributed by atoms with Gasteiger partial charge in [-0.05, 0) is 0 Å². The van der Waals surface area contributed by atoms with E-state index in [9.17, 15) is 9.59 Å². The Labute approximate surface area is 65.5 Å². The fourth-order valence-electron chi connectivity index (χ4n) is 0.713. The van der Waals surface area contributed by atoms with Crippen molar-refractivity contribution in [3.63, 3.8) is 0 Å². The second-order valence-electron chi connectivity index (χ2n) is 2.59. The monoisotopic (exact) mass is 160 g/mol. The Kier molecular flexibility index (Phi) is 3.04. The molecule has 0 unspecified atom stereocenters. The number of hydrogen-bond donors (Lipinski definition) is 0. The SMILES string of the molecule is CC(=O)OC(C)(C)OC(C)=O. The van der Waals surface area contributed by atoms with Gasteiger partial charge in [0.2, 0.25) is 0 Å². The van der Waals surface area contributed by atoms with Crippen LogP contribution < -0.4 is 0 Å². The van der Waals surface area contributed by atoms with Gasteiger partial charge in [0.1, 0.15) is 0 Å². The predicted molar refractivity (Wildman–Crippen MR) is 37.6 cm³/mol. The van der Waals surface area contributed by atoms with Gasteiger partial charge in [0.05, 0.1) is 0 Å². The van der Waals surface area contributed by atoms with Crippen LogP contribution in [0.15, 0.2) is 0 Å². The molecule has 0 fully saturated rings. The van der Waals surface area contributed by atoms with E-state index in [1.807, 2.05) is 0 Å². The van der Waals surface area contributed by atoms with Crippen LogP contribution in [0.3, 0.4) is 0 Å². The van der Waals surface area contributed by atoms with Crippen molar-refractivity contribution in [2.24, 2.45) is 0 Å². The quantitative estimate of drug-likeness (QED) is 0.444. The average Bonchev–Trinajstić information content (AvgIpc) is 1.53. The zero-order valence-electron chi connectivity index (χ0n) is 7.13. The molecule has 0 radical (unpaired) electrons. The lowest BCUT2D eigenvalue weighted by atomic mass is 10.4. The third-order valence-corrected chi connectivity index (χ3v) is 0.779. The van der Waals surface area contributed by atoms with Crippen LogP contribution in [-0.2, 0) is 19.1 Å². The smallest absolute Gasteiger partial charge is 0.305 e. The van der Waals surface area contributed by atoms with Gasteiger partial charge >= 0.3 is 11.9 Å². The highest BCUT2D eigenvalue weighted by molar-refractivity contribution is 5.68. The summed E-state index contributed by atoms with van der Waals surface area (Å²) >= 11 is 0. The first-order valence-corrected chi connectivity index (χ1v) is 3.22. The largest absolute Gasteiger partial charge is 0.423 e. The third kappa shape index (κ3) is 5.39. The van der Waals surface area contributed by atoms with Crippen LogP contribution in [0.1, 0.15) is 27.7 Å². The fraction of sp³-hybridized carbons (Fsp3) is 0.714. The van der Waals surface area contributed by atoms with Crippen molar-refractivity contribution in [2.75, 3.05) is 0 Å². The van der Waals surface area contributed by atoms with E-state index in [1.165, 1.54) is 27.7 Å². The Bertz CT molecular complexity index is 153. The minimum Gasteiger partial charge on any atom is -0.423 e. The summed E-state index contributed by atoms with van der Waals surface area (Å²) in [5.41, 5.74) is 0. The Morgan fingerprint density at radius 3 is 1.45 bits per heavy atom. The maximum atomic E-state index is 10.4. The van der Waals surface area contributed by atoms with E-state index in [2.05, 4.69) is 9.47 Å². The maximum Gasteiger partial charge on any atom is 0.305 e. The van der Waals surface area contributed by atoms with Crippen LogP contribution >= 0.6 is 0 Å². The van der Waals surface area contributed by atoms with Crippen molar-refractivity contribution >= 4 is 11.9 Å². The molecule has 0 bridgehead atoms. The summed E-state index contributed by atoms with van der Waals surface area (Å²) in [4.78, 5) is 20.9. The van der Waals surface area contributed by atoms with Gasteiger partial charge in [0, 0.05) is 27.7 Å². The van der Waals surface area contributed by atoms with E-state index in [-0.39, 0.29) is 0 Å². The Hall–Kier alpha value is -1.06. The van der Waals surface area contributed by atoms with E-state index in [0.717, 1.165) is 0 Å². The lowest BCUT2D eigenvalue weighted by molar-refractivity contribution is -0.213. The number of rotatable bonds is 2. The Morgan fingerprint density at radius 2 is 1.27 bits per heavy atom. The van der Waals surface area contributed by atoms with Gasteiger partial charge in [-0.1, -0.05) is 0 Å². The molecule has 0 aliphatic heterocycles. The van der Waals surface area contributed by atoms with E-state index in [1.54, 1.807) is 0 Å². The molecule has 0 aliphatic rings. The van der Waals surface area contributed by atoms with Gasteiger partial charge in [0.15, 0.2) is 0 Å². The standard InChI is InChI=1S/C7H12O4/c1-5(8)10-7(3,4)11-6(2)9/h1-4H3. The van der Waals surface area contributed by atoms with Crippen LogP contribution in [0.4, 0.5) is 0 Å². The van der Waals surface area contributed by atoms with Crippen molar-refractivity contribution < 1.29 is 19.1 Å². The molecule has 0 saturated heterocycles. The predicted octanol–water partition coefficient (Wildman–Crippen LogP) is 0.849. The topological polar surface area (TPSA) is 52.6 Å². The molecule has 0 atom stereocenters. The van der Waals surface area contributed by atoms with Crippen LogP contribution in [0.2, 0.25) is 0 Å². The molecule has 0 rings (SSSR count). The zero-order valence-corrected chi connectivity index (χ0v) is 7.13. The molecule has 11 heavy (non-hydrogen) atoms. The molecule has 0 aromatic heterocycles. The molecule has 0 saturated carbocycles. The van der Waals surface area contributed by atoms with Crippen LogP contribution in [0, 0.1) is 0 Å². The summed E-state index contributed by atoms with van der Waals surface area (Å²) in [6, 6.07) is 0. The number of esters is 2. The normalized spacial score (nSPS) is 10.5. The number of ether oxygens (including phenoxy) is 2. The Morgan fingerprint density at radius 1 is 1.00 bits per heavy atom. The molecule has 0 aromatic rings. The highest BCUT2D eigenvalue weighted by atomic mass is 16.7. The van der Waals surface area contributed by atoms with Crippen molar-refractivity contribution in [3.05, 3.63) is 0 Å². The van der Waals surface area contributed by atoms with Gasteiger partial charge in [-0.3, -0.25) is 9.59 Å². The summed E-state index contributed by atoms with van der Waals surface area (Å²) < 4.78 is 9.33. The minimum atomic E-state index is -1.16. The van der Waals surface area contributed by atoms with Crippen molar-refractivity contribution in [2.45, 2.75) is 33.5 Å². The van der Waals surface area contributed by atoms with Crippen LogP contribution in [0.25, 0.3) is 0 Å². The van der Waals surface area contributed by atoms with Crippen LogP contribution in [0.5, 0.6) is 0 Å². The maximum absolute atomic E-state index is 10.4. The zero-order chi connectivity index (χ0) is 9.07. The molecule has 0 amide bonds. The van der Waals surface area contributed by atoms with Crippen molar-refractivity contribution in [3.8, 4) is 0 Å². The molecule has 0 aliphatic carbocycles. The number of carbonyl (C=O) groups excluding carboxylic acids is 2. The first-order chi connectivity index (χ1) is 4.83.